The van der Waals surface area contributed by atoms with Gasteiger partial charge in [-0.15, -0.1) is 11.6 Å². The van der Waals surface area contributed by atoms with Crippen LogP contribution in [0.2, 0.25) is 0 Å². The average Bonchev–Trinajstić information content (AvgIpc) is 2.26. The second-order valence-corrected chi connectivity index (χ2v) is 3.29. The zero-order valence-electron chi connectivity index (χ0n) is 8.00. The predicted molar refractivity (Wildman–Crippen MR) is 59.7 cm³/mol. The summed E-state index contributed by atoms with van der Waals surface area (Å²) in [5, 5.41) is 0. The zero-order valence-corrected chi connectivity index (χ0v) is 8.76. The third-order valence-corrected chi connectivity index (χ3v) is 2.17. The number of hydrogen-bond donors (Lipinski definition) is 1. The van der Waals surface area contributed by atoms with E-state index in [4.69, 9.17) is 22.1 Å². The monoisotopic (exact) mass is 211 g/mol. The second kappa shape index (κ2) is 5.68. The molecule has 1 aromatic carbocycles. The fourth-order valence-electron chi connectivity index (χ4n) is 0.946. The van der Waals surface area contributed by atoms with Gasteiger partial charge in [-0.25, -0.2) is 0 Å². The van der Waals surface area contributed by atoms with Crippen molar-refractivity contribution < 1.29 is 4.74 Å². The molecule has 2 nitrogen and oxygen atoms in total. The standard InChI is InChI=1S/C11H14ClNO/c1-9(6-12)8-14-11-4-2-10(7-13)3-5-11/h2-5H,1,6-8,13H2. The molecule has 2 N–H and O–H groups in total. The highest BCUT2D eigenvalue weighted by molar-refractivity contribution is 6.19. The van der Waals surface area contributed by atoms with Gasteiger partial charge in [-0.2, -0.15) is 0 Å². The second-order valence-electron chi connectivity index (χ2n) is 3.02. The topological polar surface area (TPSA) is 35.2 Å². The lowest BCUT2D eigenvalue weighted by Gasteiger charge is -2.06. The molecular weight excluding hydrogens is 198 g/mol. The van der Waals surface area contributed by atoms with E-state index in [0.29, 0.717) is 19.0 Å². The van der Waals surface area contributed by atoms with Gasteiger partial charge in [0.2, 0.25) is 0 Å². The molecule has 76 valence electrons. The molecule has 1 rings (SSSR count). The summed E-state index contributed by atoms with van der Waals surface area (Å²) in [7, 11) is 0. The van der Waals surface area contributed by atoms with E-state index in [1.807, 2.05) is 24.3 Å². The van der Waals surface area contributed by atoms with E-state index in [-0.39, 0.29) is 0 Å². The lowest BCUT2D eigenvalue weighted by molar-refractivity contribution is 0.353. The van der Waals surface area contributed by atoms with Crippen LogP contribution in [0.5, 0.6) is 5.75 Å². The minimum Gasteiger partial charge on any atom is -0.489 e. The number of benzene rings is 1. The molecule has 3 heteroatoms. The third kappa shape index (κ3) is 3.40. The van der Waals surface area contributed by atoms with Gasteiger partial charge in [0, 0.05) is 12.4 Å². The molecule has 0 radical (unpaired) electrons. The Kier molecular flexibility index (Phi) is 4.50. The van der Waals surface area contributed by atoms with Gasteiger partial charge in [0.05, 0.1) is 0 Å². The number of rotatable bonds is 5. The summed E-state index contributed by atoms with van der Waals surface area (Å²) in [5.74, 6) is 1.24. The molecule has 0 fully saturated rings. The maximum atomic E-state index is 5.57. The number of alkyl halides is 1. The van der Waals surface area contributed by atoms with Crippen molar-refractivity contribution in [3.8, 4) is 5.75 Å². The number of halogens is 1. The smallest absolute Gasteiger partial charge is 0.119 e. The van der Waals surface area contributed by atoms with Gasteiger partial charge in [0.15, 0.2) is 0 Å². The highest BCUT2D eigenvalue weighted by Crippen LogP contribution is 2.12. The Morgan fingerprint density at radius 1 is 1.36 bits per heavy atom. The van der Waals surface area contributed by atoms with Gasteiger partial charge in [0.25, 0.3) is 0 Å². The molecule has 0 amide bonds. The summed E-state index contributed by atoms with van der Waals surface area (Å²) in [6.07, 6.45) is 0. The van der Waals surface area contributed by atoms with Gasteiger partial charge in [-0.05, 0) is 23.3 Å². The summed E-state index contributed by atoms with van der Waals surface area (Å²) in [4.78, 5) is 0. The molecule has 0 aliphatic rings. The van der Waals surface area contributed by atoms with Crippen LogP contribution in [0.1, 0.15) is 5.56 Å². The van der Waals surface area contributed by atoms with Crippen LogP contribution >= 0.6 is 11.6 Å². The Morgan fingerprint density at radius 3 is 2.50 bits per heavy atom. The first-order chi connectivity index (χ1) is 6.76. The minimum absolute atomic E-state index is 0.431. The molecule has 0 atom stereocenters. The molecule has 0 aliphatic carbocycles. The van der Waals surface area contributed by atoms with E-state index in [2.05, 4.69) is 6.58 Å². The van der Waals surface area contributed by atoms with Gasteiger partial charge < -0.3 is 10.5 Å². The van der Waals surface area contributed by atoms with Crippen LogP contribution in [0.15, 0.2) is 36.4 Å². The highest BCUT2D eigenvalue weighted by Gasteiger charge is 1.95. The number of ether oxygens (including phenoxy) is 1. The summed E-state index contributed by atoms with van der Waals surface area (Å²) in [5.41, 5.74) is 7.43. The molecule has 0 aliphatic heterocycles. The third-order valence-electron chi connectivity index (χ3n) is 1.79. The molecule has 0 spiro atoms. The summed E-state index contributed by atoms with van der Waals surface area (Å²) >= 11 is 5.57. The van der Waals surface area contributed by atoms with Crippen molar-refractivity contribution in [3.05, 3.63) is 42.0 Å². The van der Waals surface area contributed by atoms with E-state index < -0.39 is 0 Å². The Balaban J connectivity index is 2.47. The van der Waals surface area contributed by atoms with E-state index >= 15 is 0 Å². The van der Waals surface area contributed by atoms with Crippen molar-refractivity contribution in [2.45, 2.75) is 6.54 Å². The average molecular weight is 212 g/mol. The Morgan fingerprint density at radius 2 is 2.00 bits per heavy atom. The van der Waals surface area contributed by atoms with Crippen LogP contribution in [0.4, 0.5) is 0 Å². The lowest BCUT2D eigenvalue weighted by atomic mass is 10.2. The summed E-state index contributed by atoms with van der Waals surface area (Å²) in [6, 6.07) is 7.67. The summed E-state index contributed by atoms with van der Waals surface area (Å²) in [6.45, 7) is 4.76. The van der Waals surface area contributed by atoms with E-state index in [0.717, 1.165) is 16.9 Å². The normalized spacial score (nSPS) is 9.86. The summed E-state index contributed by atoms with van der Waals surface area (Å²) < 4.78 is 5.43. The van der Waals surface area contributed by atoms with Gasteiger partial charge in [-0.3, -0.25) is 0 Å². The quantitative estimate of drug-likeness (QED) is 0.599. The molecule has 0 aromatic heterocycles. The Bertz CT molecular complexity index is 295. The van der Waals surface area contributed by atoms with Crippen molar-refractivity contribution in [1.82, 2.24) is 0 Å². The van der Waals surface area contributed by atoms with Crippen LogP contribution in [0, 0.1) is 0 Å². The Hall–Kier alpha value is -0.990. The van der Waals surface area contributed by atoms with Crippen molar-refractivity contribution in [3.63, 3.8) is 0 Å². The largest absolute Gasteiger partial charge is 0.489 e. The van der Waals surface area contributed by atoms with Gasteiger partial charge in [-0.1, -0.05) is 18.7 Å². The van der Waals surface area contributed by atoms with Crippen LogP contribution in [-0.2, 0) is 6.54 Å². The predicted octanol–water partition coefficient (Wildman–Crippen LogP) is 2.32. The maximum Gasteiger partial charge on any atom is 0.119 e. The SMILES string of the molecule is C=C(CCl)COc1ccc(CN)cc1. The highest BCUT2D eigenvalue weighted by atomic mass is 35.5. The van der Waals surface area contributed by atoms with E-state index in [1.54, 1.807) is 0 Å². The molecule has 1 aromatic rings. The maximum absolute atomic E-state index is 5.57. The Labute approximate surface area is 89.3 Å². The van der Waals surface area contributed by atoms with Gasteiger partial charge in [0.1, 0.15) is 12.4 Å². The van der Waals surface area contributed by atoms with Crippen molar-refractivity contribution in [2.24, 2.45) is 5.73 Å². The first kappa shape index (κ1) is 11.1. The number of nitrogens with two attached hydrogens (primary N) is 1. The van der Waals surface area contributed by atoms with Crippen molar-refractivity contribution in [2.75, 3.05) is 12.5 Å². The molecule has 0 saturated carbocycles. The van der Waals surface area contributed by atoms with Crippen LogP contribution in [-0.4, -0.2) is 12.5 Å². The molecule has 0 unspecified atom stereocenters. The molecule has 0 saturated heterocycles. The first-order valence-electron chi connectivity index (χ1n) is 4.40. The van der Waals surface area contributed by atoms with E-state index in [1.165, 1.54) is 0 Å². The number of hydrogen-bond acceptors (Lipinski definition) is 2. The fourth-order valence-corrected chi connectivity index (χ4v) is 1.02. The van der Waals surface area contributed by atoms with Crippen molar-refractivity contribution in [1.29, 1.82) is 0 Å². The molecule has 14 heavy (non-hydrogen) atoms. The zero-order chi connectivity index (χ0) is 10.4. The van der Waals surface area contributed by atoms with E-state index in [9.17, 15) is 0 Å². The van der Waals surface area contributed by atoms with Crippen LogP contribution in [0.3, 0.4) is 0 Å². The fraction of sp³-hybridized carbons (Fsp3) is 0.273. The molecular formula is C11H14ClNO. The van der Waals surface area contributed by atoms with Crippen LogP contribution < -0.4 is 10.5 Å². The van der Waals surface area contributed by atoms with Crippen molar-refractivity contribution >= 4 is 11.6 Å². The molecule has 0 heterocycles. The minimum atomic E-state index is 0.431. The van der Waals surface area contributed by atoms with Gasteiger partial charge >= 0.3 is 0 Å². The lowest BCUT2D eigenvalue weighted by Crippen LogP contribution is -2.01. The first-order valence-corrected chi connectivity index (χ1v) is 4.94. The van der Waals surface area contributed by atoms with Crippen LogP contribution in [0.25, 0.3) is 0 Å². The molecule has 0 bridgehead atoms.